The van der Waals surface area contributed by atoms with E-state index >= 15 is 0 Å². The quantitative estimate of drug-likeness (QED) is 0.474. The molecule has 1 aromatic heterocycles. The van der Waals surface area contributed by atoms with E-state index in [2.05, 4.69) is 9.88 Å². The minimum absolute atomic E-state index is 0.00159. The van der Waals surface area contributed by atoms with E-state index in [9.17, 15) is 14.4 Å². The molecule has 2 aliphatic rings. The van der Waals surface area contributed by atoms with Gasteiger partial charge in [-0.05, 0) is 55.1 Å². The molecular weight excluding hydrogens is 456 g/mol. The highest BCUT2D eigenvalue weighted by Gasteiger charge is 2.53. The predicted molar refractivity (Wildman–Crippen MR) is 136 cm³/mol. The molecule has 0 bridgehead atoms. The molecule has 0 radical (unpaired) electrons. The van der Waals surface area contributed by atoms with Gasteiger partial charge in [-0.15, -0.1) is 0 Å². The molecule has 0 spiro atoms. The molecule has 4 rings (SSSR count). The second-order valence-corrected chi connectivity index (χ2v) is 9.99. The fourth-order valence-corrected chi connectivity index (χ4v) is 5.35. The van der Waals surface area contributed by atoms with Crippen molar-refractivity contribution in [2.24, 2.45) is 5.92 Å². The zero-order valence-electron chi connectivity index (χ0n) is 21.3. The maximum Gasteiger partial charge on any atom is 0.241 e. The Morgan fingerprint density at radius 2 is 1.81 bits per heavy atom. The Labute approximate surface area is 213 Å². The number of ether oxygens (including phenoxy) is 1. The molecule has 2 aromatic rings. The van der Waals surface area contributed by atoms with Crippen molar-refractivity contribution in [3.8, 4) is 0 Å². The van der Waals surface area contributed by atoms with Crippen LogP contribution >= 0.6 is 0 Å². The van der Waals surface area contributed by atoms with E-state index in [4.69, 9.17) is 4.74 Å². The van der Waals surface area contributed by atoms with E-state index < -0.39 is 5.41 Å². The summed E-state index contributed by atoms with van der Waals surface area (Å²) in [4.78, 5) is 49.9. The molecule has 1 atom stereocenters. The predicted octanol–water partition coefficient (Wildman–Crippen LogP) is 2.49. The number of likely N-dealkylation sites (tertiary alicyclic amines) is 2. The summed E-state index contributed by atoms with van der Waals surface area (Å²) in [6.45, 7) is 4.51. The zero-order valence-corrected chi connectivity index (χ0v) is 21.3. The average Bonchev–Trinajstić information content (AvgIpc) is 3.14. The number of rotatable bonds is 10. The topological polar surface area (TPSA) is 83.1 Å². The first-order chi connectivity index (χ1) is 17.4. The number of hydrogen-bond acceptors (Lipinski definition) is 6. The number of hydrogen-bond donors (Lipinski definition) is 0. The number of pyridine rings is 1. The molecule has 0 saturated carbocycles. The molecular formula is C28H36N4O4. The molecule has 0 aliphatic carbocycles. The molecule has 0 unspecified atom stereocenters. The number of nitrogens with zero attached hydrogens (tertiary/aromatic N) is 4. The normalized spacial score (nSPS) is 21.2. The zero-order chi connectivity index (χ0) is 25.5. The SMILES string of the molecule is COCCN1CCC(CN(C)C(=O)C[C@]2(c3ccccc3)CC(=O)N(Cc3ccncc3)C2=O)CC1. The largest absolute Gasteiger partial charge is 0.383 e. The molecule has 3 heterocycles. The van der Waals surface area contributed by atoms with Gasteiger partial charge in [0.25, 0.3) is 0 Å². The van der Waals surface area contributed by atoms with Crippen LogP contribution in [0.2, 0.25) is 0 Å². The van der Waals surface area contributed by atoms with Crippen molar-refractivity contribution < 1.29 is 19.1 Å². The van der Waals surface area contributed by atoms with Crippen LogP contribution in [0.1, 0.15) is 36.8 Å². The fourth-order valence-electron chi connectivity index (χ4n) is 5.35. The lowest BCUT2D eigenvalue weighted by atomic mass is 9.75. The van der Waals surface area contributed by atoms with E-state index in [1.54, 1.807) is 36.5 Å². The van der Waals surface area contributed by atoms with Gasteiger partial charge in [0.2, 0.25) is 17.7 Å². The van der Waals surface area contributed by atoms with Crippen LogP contribution in [0.3, 0.4) is 0 Å². The molecule has 2 fully saturated rings. The summed E-state index contributed by atoms with van der Waals surface area (Å²) >= 11 is 0. The van der Waals surface area contributed by atoms with E-state index in [-0.39, 0.29) is 37.1 Å². The lowest BCUT2D eigenvalue weighted by Gasteiger charge is -2.35. The summed E-state index contributed by atoms with van der Waals surface area (Å²) in [5.74, 6) is -0.231. The summed E-state index contributed by atoms with van der Waals surface area (Å²) in [5.41, 5.74) is 0.366. The Balaban J connectivity index is 1.46. The van der Waals surface area contributed by atoms with Crippen molar-refractivity contribution in [3.05, 3.63) is 66.0 Å². The lowest BCUT2D eigenvalue weighted by Crippen LogP contribution is -2.44. The Kier molecular flexibility index (Phi) is 8.48. The van der Waals surface area contributed by atoms with E-state index in [0.717, 1.165) is 44.6 Å². The Morgan fingerprint density at radius 3 is 2.47 bits per heavy atom. The monoisotopic (exact) mass is 492 g/mol. The highest BCUT2D eigenvalue weighted by atomic mass is 16.5. The van der Waals surface area contributed by atoms with Crippen LogP contribution < -0.4 is 0 Å². The number of imide groups is 1. The third-order valence-electron chi connectivity index (χ3n) is 7.55. The van der Waals surface area contributed by atoms with Crippen LogP contribution in [0.5, 0.6) is 0 Å². The van der Waals surface area contributed by atoms with Crippen molar-refractivity contribution in [1.29, 1.82) is 0 Å². The van der Waals surface area contributed by atoms with Gasteiger partial charge in [-0.3, -0.25) is 24.3 Å². The van der Waals surface area contributed by atoms with Crippen molar-refractivity contribution >= 4 is 17.7 Å². The van der Waals surface area contributed by atoms with Crippen LogP contribution in [0.4, 0.5) is 0 Å². The van der Waals surface area contributed by atoms with Crippen LogP contribution in [-0.2, 0) is 31.1 Å². The molecule has 2 aliphatic heterocycles. The summed E-state index contributed by atoms with van der Waals surface area (Å²) in [7, 11) is 3.53. The second kappa shape index (κ2) is 11.8. The van der Waals surface area contributed by atoms with Crippen molar-refractivity contribution in [2.75, 3.05) is 46.9 Å². The fraction of sp³-hybridized carbons (Fsp3) is 0.500. The highest BCUT2D eigenvalue weighted by Crippen LogP contribution is 2.41. The maximum atomic E-state index is 13.8. The minimum atomic E-state index is -1.18. The summed E-state index contributed by atoms with van der Waals surface area (Å²) < 4.78 is 5.18. The minimum Gasteiger partial charge on any atom is -0.383 e. The Hall–Kier alpha value is -3.10. The van der Waals surface area contributed by atoms with Gasteiger partial charge in [0, 0.05) is 52.5 Å². The molecule has 0 N–H and O–H groups in total. The van der Waals surface area contributed by atoms with E-state index in [1.165, 1.54) is 4.90 Å². The summed E-state index contributed by atoms with van der Waals surface area (Å²) in [5, 5.41) is 0. The number of aromatic nitrogens is 1. The molecule has 192 valence electrons. The number of carbonyl (C=O) groups is 3. The summed E-state index contributed by atoms with van der Waals surface area (Å²) in [6.07, 6.45) is 5.33. The van der Waals surface area contributed by atoms with Gasteiger partial charge in [0.05, 0.1) is 18.6 Å². The van der Waals surface area contributed by atoms with Gasteiger partial charge in [-0.2, -0.15) is 0 Å². The van der Waals surface area contributed by atoms with Crippen molar-refractivity contribution in [3.63, 3.8) is 0 Å². The van der Waals surface area contributed by atoms with Gasteiger partial charge in [0.1, 0.15) is 0 Å². The van der Waals surface area contributed by atoms with Crippen LogP contribution in [0.25, 0.3) is 0 Å². The number of benzene rings is 1. The van der Waals surface area contributed by atoms with Gasteiger partial charge in [-0.25, -0.2) is 0 Å². The smallest absolute Gasteiger partial charge is 0.241 e. The molecule has 2 saturated heterocycles. The van der Waals surface area contributed by atoms with Crippen LogP contribution in [0.15, 0.2) is 54.9 Å². The van der Waals surface area contributed by atoms with Gasteiger partial charge >= 0.3 is 0 Å². The van der Waals surface area contributed by atoms with Gasteiger partial charge in [-0.1, -0.05) is 30.3 Å². The number of amides is 3. The standard InChI is InChI=1S/C28H36N4O4/c1-30(20-23-10-14-31(15-11-23)16-17-36-2)25(33)18-28(24-6-4-3-5-7-24)19-26(34)32(27(28)35)21-22-8-12-29-13-9-22/h3-9,12-13,23H,10-11,14-21H2,1-2H3/t28-/m1/s1. The molecule has 36 heavy (non-hydrogen) atoms. The van der Waals surface area contributed by atoms with Crippen LogP contribution in [-0.4, -0.2) is 84.3 Å². The molecule has 8 heteroatoms. The first-order valence-electron chi connectivity index (χ1n) is 12.7. The molecule has 8 nitrogen and oxygen atoms in total. The van der Waals surface area contributed by atoms with Crippen molar-refractivity contribution in [1.82, 2.24) is 19.7 Å². The third-order valence-corrected chi connectivity index (χ3v) is 7.55. The Morgan fingerprint density at radius 1 is 1.11 bits per heavy atom. The van der Waals surface area contributed by atoms with Crippen molar-refractivity contribution in [2.45, 2.75) is 37.6 Å². The third kappa shape index (κ3) is 5.82. The first kappa shape index (κ1) is 26.0. The molecule has 1 aromatic carbocycles. The lowest BCUT2D eigenvalue weighted by molar-refractivity contribution is -0.143. The first-order valence-corrected chi connectivity index (χ1v) is 12.7. The Bertz CT molecular complexity index is 1040. The number of piperidine rings is 1. The van der Waals surface area contributed by atoms with Gasteiger partial charge in [0.15, 0.2) is 0 Å². The molecule has 3 amide bonds. The van der Waals surface area contributed by atoms with E-state index in [1.807, 2.05) is 37.4 Å². The van der Waals surface area contributed by atoms with E-state index in [0.29, 0.717) is 18.0 Å². The number of methoxy groups -OCH3 is 1. The highest BCUT2D eigenvalue weighted by molar-refractivity contribution is 6.10. The number of carbonyl (C=O) groups excluding carboxylic acids is 3. The average molecular weight is 493 g/mol. The maximum absolute atomic E-state index is 13.8. The van der Waals surface area contributed by atoms with Crippen LogP contribution in [0, 0.1) is 5.92 Å². The second-order valence-electron chi connectivity index (χ2n) is 9.99. The van der Waals surface area contributed by atoms with Gasteiger partial charge < -0.3 is 14.5 Å². The summed E-state index contributed by atoms with van der Waals surface area (Å²) in [6, 6.07) is 12.9.